The number of amides is 1. The lowest BCUT2D eigenvalue weighted by atomic mass is 10.3. The van der Waals surface area contributed by atoms with Crippen LogP contribution in [0.2, 0.25) is 5.28 Å². The van der Waals surface area contributed by atoms with Gasteiger partial charge in [0.05, 0.1) is 7.11 Å². The lowest BCUT2D eigenvalue weighted by molar-refractivity contribution is 0.0686. The van der Waals surface area contributed by atoms with Gasteiger partial charge in [-0.1, -0.05) is 12.7 Å². The molecular weight excluding hydrogens is 278 g/mol. The van der Waals surface area contributed by atoms with Gasteiger partial charge in [-0.15, -0.1) is 0 Å². The van der Waals surface area contributed by atoms with E-state index in [1.807, 2.05) is 0 Å². The van der Waals surface area contributed by atoms with Crippen LogP contribution in [-0.4, -0.2) is 40.9 Å². The fourth-order valence-corrected chi connectivity index (χ4v) is 1.28. The highest BCUT2D eigenvalue weighted by molar-refractivity contribution is 6.28. The van der Waals surface area contributed by atoms with Gasteiger partial charge in [0.25, 0.3) is 0 Å². The van der Waals surface area contributed by atoms with E-state index in [0.717, 1.165) is 0 Å². The number of anilines is 1. The molecule has 1 heterocycles. The summed E-state index contributed by atoms with van der Waals surface area (Å²) in [6.07, 6.45) is 0.510. The van der Waals surface area contributed by atoms with Gasteiger partial charge in [-0.25, -0.2) is 14.6 Å². The first kappa shape index (κ1) is 14.7. The summed E-state index contributed by atoms with van der Waals surface area (Å²) in [7, 11) is 1.21. The summed E-state index contributed by atoms with van der Waals surface area (Å²) in [5.41, 5.74) is -0.471. The summed E-state index contributed by atoms with van der Waals surface area (Å²) in [5, 5.41) is 10.8. The van der Waals surface area contributed by atoms with E-state index in [1.54, 1.807) is 0 Å². The zero-order valence-corrected chi connectivity index (χ0v) is 10.6. The number of halogens is 1. The second-order valence-electron chi connectivity index (χ2n) is 3.04. The summed E-state index contributed by atoms with van der Waals surface area (Å²) in [6, 6.07) is 0. The van der Waals surface area contributed by atoms with Crippen LogP contribution in [-0.2, 0) is 4.74 Å². The molecule has 19 heavy (non-hydrogen) atoms. The quantitative estimate of drug-likeness (QED) is 0.624. The third-order valence-electron chi connectivity index (χ3n) is 1.80. The number of nitrogens with zero attached hydrogens (tertiary/aromatic N) is 2. The van der Waals surface area contributed by atoms with Crippen LogP contribution >= 0.6 is 11.6 Å². The van der Waals surface area contributed by atoms with Crippen LogP contribution < -0.4 is 10.1 Å². The first-order valence-corrected chi connectivity index (χ1v) is 5.26. The van der Waals surface area contributed by atoms with Crippen LogP contribution in [0.5, 0.6) is 5.75 Å². The lowest BCUT2D eigenvalue weighted by Crippen LogP contribution is -2.17. The fraction of sp³-hybridized carbons (Fsp3) is 0.200. The summed E-state index contributed by atoms with van der Waals surface area (Å²) in [4.78, 5) is 29.5. The Labute approximate surface area is 113 Å². The van der Waals surface area contributed by atoms with Gasteiger partial charge in [-0.2, -0.15) is 4.98 Å². The van der Waals surface area contributed by atoms with Crippen molar-refractivity contribution in [3.05, 3.63) is 23.6 Å². The molecule has 1 amide bonds. The van der Waals surface area contributed by atoms with Crippen molar-refractivity contribution in [2.45, 2.75) is 0 Å². The molecule has 1 aromatic rings. The fourth-order valence-electron chi connectivity index (χ4n) is 1.11. The molecule has 0 aliphatic carbocycles. The van der Waals surface area contributed by atoms with E-state index in [9.17, 15) is 9.59 Å². The number of carboxylic acids is 1. The zero-order chi connectivity index (χ0) is 14.4. The maximum atomic E-state index is 11.3. The zero-order valence-electron chi connectivity index (χ0n) is 9.84. The van der Waals surface area contributed by atoms with Gasteiger partial charge in [0.1, 0.15) is 6.61 Å². The molecule has 0 saturated carbocycles. The SMILES string of the molecule is C=CCOC(=O)Nc1nc(Cl)nc(C(=O)O)c1OC. The number of carbonyl (C=O) groups excluding carboxylic acids is 1. The minimum absolute atomic E-state index is 0.0151. The van der Waals surface area contributed by atoms with Crippen molar-refractivity contribution in [3.63, 3.8) is 0 Å². The Bertz CT molecular complexity index is 520. The Morgan fingerprint density at radius 3 is 2.74 bits per heavy atom. The largest absolute Gasteiger partial charge is 0.491 e. The number of methoxy groups -OCH3 is 1. The van der Waals surface area contributed by atoms with E-state index >= 15 is 0 Å². The number of rotatable bonds is 5. The van der Waals surface area contributed by atoms with Crippen molar-refractivity contribution in [1.29, 1.82) is 0 Å². The molecule has 2 N–H and O–H groups in total. The third-order valence-corrected chi connectivity index (χ3v) is 1.97. The normalized spacial score (nSPS) is 9.58. The first-order chi connectivity index (χ1) is 8.99. The molecule has 0 saturated heterocycles. The van der Waals surface area contributed by atoms with Gasteiger partial charge >= 0.3 is 12.1 Å². The molecule has 8 nitrogen and oxygen atoms in total. The number of carboxylic acid groups (broad SMARTS) is 1. The Kier molecular flexibility index (Phi) is 5.07. The monoisotopic (exact) mass is 287 g/mol. The van der Waals surface area contributed by atoms with Crippen LogP contribution in [0.3, 0.4) is 0 Å². The van der Waals surface area contributed by atoms with Gasteiger partial charge < -0.3 is 14.6 Å². The van der Waals surface area contributed by atoms with Crippen molar-refractivity contribution >= 4 is 29.5 Å². The van der Waals surface area contributed by atoms with E-state index in [4.69, 9.17) is 21.4 Å². The Morgan fingerprint density at radius 2 is 2.21 bits per heavy atom. The van der Waals surface area contributed by atoms with Crippen LogP contribution in [0.15, 0.2) is 12.7 Å². The van der Waals surface area contributed by atoms with E-state index in [1.165, 1.54) is 13.2 Å². The number of hydrogen-bond acceptors (Lipinski definition) is 6. The molecule has 1 aromatic heterocycles. The lowest BCUT2D eigenvalue weighted by Gasteiger charge is -2.10. The Morgan fingerprint density at radius 1 is 1.53 bits per heavy atom. The summed E-state index contributed by atoms with van der Waals surface area (Å²) in [5.74, 6) is -1.80. The van der Waals surface area contributed by atoms with Gasteiger partial charge in [0, 0.05) is 0 Å². The molecule has 0 fully saturated rings. The topological polar surface area (TPSA) is 111 Å². The van der Waals surface area contributed by atoms with Gasteiger partial charge in [0.2, 0.25) is 5.28 Å². The molecule has 0 aliphatic heterocycles. The molecule has 0 aliphatic rings. The molecule has 102 valence electrons. The molecule has 9 heteroatoms. The average molecular weight is 288 g/mol. The second-order valence-corrected chi connectivity index (χ2v) is 3.38. The molecular formula is C10H10ClN3O5. The predicted octanol–water partition coefficient (Wildman–Crippen LogP) is 1.57. The van der Waals surface area contributed by atoms with Crippen molar-refractivity contribution < 1.29 is 24.2 Å². The maximum Gasteiger partial charge on any atom is 0.413 e. The average Bonchev–Trinajstić information content (AvgIpc) is 2.35. The maximum absolute atomic E-state index is 11.3. The predicted molar refractivity (Wildman–Crippen MR) is 65.7 cm³/mol. The molecule has 0 aromatic carbocycles. The molecule has 0 spiro atoms. The smallest absolute Gasteiger partial charge is 0.413 e. The second kappa shape index (κ2) is 6.55. The Hall–Kier alpha value is -2.35. The van der Waals surface area contributed by atoms with E-state index in [-0.39, 0.29) is 23.5 Å². The highest BCUT2D eigenvalue weighted by Crippen LogP contribution is 2.27. The molecule has 1 rings (SSSR count). The number of hydrogen-bond donors (Lipinski definition) is 2. The van der Waals surface area contributed by atoms with Gasteiger partial charge in [0.15, 0.2) is 17.3 Å². The van der Waals surface area contributed by atoms with Crippen molar-refractivity contribution in [2.75, 3.05) is 19.0 Å². The van der Waals surface area contributed by atoms with E-state index in [2.05, 4.69) is 26.6 Å². The highest BCUT2D eigenvalue weighted by atomic mass is 35.5. The molecule has 0 bridgehead atoms. The minimum Gasteiger partial charge on any atom is -0.491 e. The van der Waals surface area contributed by atoms with E-state index in [0.29, 0.717) is 0 Å². The molecule has 0 atom stereocenters. The first-order valence-electron chi connectivity index (χ1n) is 4.89. The van der Waals surface area contributed by atoms with Gasteiger partial charge in [-0.3, -0.25) is 5.32 Å². The van der Waals surface area contributed by atoms with Crippen LogP contribution in [0, 0.1) is 0 Å². The summed E-state index contributed by atoms with van der Waals surface area (Å²) >= 11 is 5.56. The third kappa shape index (κ3) is 3.81. The number of nitrogens with one attached hydrogen (secondary N) is 1. The van der Waals surface area contributed by atoms with Gasteiger partial charge in [-0.05, 0) is 11.6 Å². The summed E-state index contributed by atoms with van der Waals surface area (Å²) < 4.78 is 9.50. The minimum atomic E-state index is -1.37. The van der Waals surface area contributed by atoms with Crippen molar-refractivity contribution in [2.24, 2.45) is 0 Å². The number of ether oxygens (including phenoxy) is 2. The number of aromatic nitrogens is 2. The van der Waals surface area contributed by atoms with E-state index < -0.39 is 17.8 Å². The van der Waals surface area contributed by atoms with Crippen LogP contribution in [0.4, 0.5) is 10.6 Å². The standard InChI is InChI=1S/C10H10ClN3O5/c1-3-4-19-10(17)14-7-6(18-2)5(8(15)16)12-9(11)13-7/h3H,1,4H2,2H3,(H,15,16)(H,12,13,14,17). The highest BCUT2D eigenvalue weighted by Gasteiger charge is 2.21. The number of aromatic carboxylic acids is 1. The van der Waals surface area contributed by atoms with Crippen LogP contribution in [0.1, 0.15) is 10.5 Å². The number of carbonyl (C=O) groups is 2. The van der Waals surface area contributed by atoms with Crippen molar-refractivity contribution in [1.82, 2.24) is 9.97 Å². The van der Waals surface area contributed by atoms with Crippen LogP contribution in [0.25, 0.3) is 0 Å². The summed E-state index contributed by atoms with van der Waals surface area (Å²) in [6.45, 7) is 3.36. The molecule has 0 radical (unpaired) electrons. The molecule has 0 unspecified atom stereocenters. The Balaban J connectivity index is 3.08. The van der Waals surface area contributed by atoms with Crippen molar-refractivity contribution in [3.8, 4) is 5.75 Å².